The van der Waals surface area contributed by atoms with Crippen molar-refractivity contribution in [3.05, 3.63) is 169 Å². The second-order valence-electron chi connectivity index (χ2n) is 27.2. The first-order valence-corrected chi connectivity index (χ1v) is 36.4. The number of alkyl carbamates (subject to hydrolysis) is 1. The number of thiol groups is 1. The van der Waals surface area contributed by atoms with Crippen molar-refractivity contribution < 1.29 is 62.6 Å². The van der Waals surface area contributed by atoms with Crippen molar-refractivity contribution in [3.8, 4) is 11.1 Å². The Balaban J connectivity index is 0.901. The van der Waals surface area contributed by atoms with E-state index in [-0.39, 0.29) is 93.6 Å². The van der Waals surface area contributed by atoms with Gasteiger partial charge in [-0.2, -0.15) is 12.6 Å². The highest BCUT2D eigenvalue weighted by molar-refractivity contribution is 7.80. The molecule has 9 rings (SSSR count). The largest absolute Gasteiger partial charge is 0.480 e. The number of unbranched alkanes of at least 4 members (excludes halogenated alkanes) is 1. The number of carbonyl (C=O) groups excluding carboxylic acids is 10. The van der Waals surface area contributed by atoms with Gasteiger partial charge in [0.15, 0.2) is 0 Å². The second-order valence-corrected chi connectivity index (χ2v) is 27.6. The number of ether oxygens (including phenoxy) is 1. The summed E-state index contributed by atoms with van der Waals surface area (Å²) in [5, 5.41) is 37.0. The normalized spacial score (nSPS) is 14.5. The zero-order valence-corrected chi connectivity index (χ0v) is 61.4. The summed E-state index contributed by atoms with van der Waals surface area (Å²) in [6.45, 7) is 7.47. The predicted molar refractivity (Wildman–Crippen MR) is 396 cm³/mol. The maximum absolute atomic E-state index is 15.0. The van der Waals surface area contributed by atoms with Crippen LogP contribution < -0.4 is 58.9 Å². The summed E-state index contributed by atoms with van der Waals surface area (Å²) in [5.74, 6) is -10.1. The molecule has 0 spiro atoms. The van der Waals surface area contributed by atoms with Crippen molar-refractivity contribution in [1.82, 2.24) is 113 Å². The Kier molecular flexibility index (Phi) is 29.8. The lowest BCUT2D eigenvalue weighted by Crippen LogP contribution is -2.61. The van der Waals surface area contributed by atoms with Crippen LogP contribution in [0.15, 0.2) is 124 Å². The number of rotatable bonds is 43. The molecule has 0 radical (unpaired) electrons. The molecule has 0 saturated heterocycles. The molecule has 10 atom stereocenters. The number of carbonyl (C=O) groups is 11. The van der Waals surface area contributed by atoms with E-state index in [1.54, 1.807) is 13.8 Å². The molecule has 2 aromatic carbocycles. The molecular weight excluding hydrogens is 1430 g/mol. The Morgan fingerprint density at radius 2 is 0.679 bits per heavy atom. The fourth-order valence-electron chi connectivity index (χ4n) is 12.5. The summed E-state index contributed by atoms with van der Waals surface area (Å²) in [4.78, 5) is 200. The number of carboxylic acids is 1. The van der Waals surface area contributed by atoms with Crippen LogP contribution >= 0.6 is 12.6 Å². The number of benzene rings is 2. The lowest BCUT2D eigenvalue weighted by Gasteiger charge is -2.28. The van der Waals surface area contributed by atoms with Gasteiger partial charge < -0.3 is 98.6 Å². The number of hydrogen-bond donors (Lipinski definition) is 19. The number of H-pyrrole nitrogens is 6. The van der Waals surface area contributed by atoms with Gasteiger partial charge in [0.2, 0.25) is 53.2 Å². The quantitative estimate of drug-likeness (QED) is 0.0180. The van der Waals surface area contributed by atoms with Gasteiger partial charge in [0.25, 0.3) is 0 Å². The van der Waals surface area contributed by atoms with Crippen LogP contribution in [0.3, 0.4) is 0 Å². The maximum Gasteiger partial charge on any atom is 0.407 e. The highest BCUT2D eigenvalue weighted by Crippen LogP contribution is 2.44. The van der Waals surface area contributed by atoms with E-state index in [9.17, 15) is 48.3 Å². The van der Waals surface area contributed by atoms with Gasteiger partial charge in [-0.15, -0.1) is 0 Å². The van der Waals surface area contributed by atoms with Gasteiger partial charge in [0.1, 0.15) is 67.0 Å². The molecule has 1 aliphatic carbocycles. The smallest absolute Gasteiger partial charge is 0.407 e. The van der Waals surface area contributed by atoms with Crippen molar-refractivity contribution >= 4 is 77.9 Å². The van der Waals surface area contributed by atoms with Crippen LogP contribution in [0.4, 0.5) is 4.79 Å². The molecule has 6 aromatic heterocycles. The van der Waals surface area contributed by atoms with Crippen LogP contribution in [0.25, 0.3) is 11.1 Å². The molecule has 580 valence electrons. The van der Waals surface area contributed by atoms with E-state index >= 15 is 9.59 Å². The molecule has 0 fully saturated rings. The molecule has 8 aromatic rings. The lowest BCUT2D eigenvalue weighted by atomic mass is 9.98. The Labute approximate surface area is 631 Å². The van der Waals surface area contributed by atoms with Crippen LogP contribution in [0.1, 0.15) is 111 Å². The molecule has 0 saturated carbocycles. The molecule has 1 aliphatic rings. The van der Waals surface area contributed by atoms with Gasteiger partial charge in [0, 0.05) is 87.4 Å². The highest BCUT2D eigenvalue weighted by Gasteiger charge is 2.39. The number of aromatic nitrogens is 12. The summed E-state index contributed by atoms with van der Waals surface area (Å²) in [5.41, 5.74) is 11.5. The molecule has 10 amide bonds. The Morgan fingerprint density at radius 3 is 0.945 bits per heavy atom. The minimum absolute atomic E-state index is 0.0323. The summed E-state index contributed by atoms with van der Waals surface area (Å²) in [7, 11) is 0. The van der Waals surface area contributed by atoms with Crippen LogP contribution in [-0.2, 0) is 91.2 Å². The van der Waals surface area contributed by atoms with E-state index in [2.05, 4.69) is 126 Å². The van der Waals surface area contributed by atoms with Crippen LogP contribution in [0.2, 0.25) is 0 Å². The van der Waals surface area contributed by atoms with Crippen molar-refractivity contribution in [2.75, 3.05) is 18.9 Å². The second kappa shape index (κ2) is 40.1. The van der Waals surface area contributed by atoms with E-state index in [0.717, 1.165) is 22.3 Å². The van der Waals surface area contributed by atoms with Crippen LogP contribution in [0.5, 0.6) is 0 Å². The molecule has 0 aliphatic heterocycles. The maximum atomic E-state index is 15.0. The molecule has 19 N–H and O–H groups in total. The highest BCUT2D eigenvalue weighted by atomic mass is 32.1. The molecule has 36 nitrogen and oxygen atoms in total. The fourth-order valence-corrected chi connectivity index (χ4v) is 12.8. The number of nitrogens with zero attached hydrogens (tertiary/aromatic N) is 6. The van der Waals surface area contributed by atoms with Crippen LogP contribution in [0, 0.1) is 11.8 Å². The zero-order valence-electron chi connectivity index (χ0n) is 60.5. The summed E-state index contributed by atoms with van der Waals surface area (Å²) in [6.07, 6.45) is 15.6. The first-order chi connectivity index (χ1) is 52.5. The number of carboxylic acid groups (broad SMARTS) is 1. The van der Waals surface area contributed by atoms with Crippen molar-refractivity contribution in [2.24, 2.45) is 17.6 Å². The molecular formula is C72H93N23O13S. The Morgan fingerprint density at radius 1 is 0.404 bits per heavy atom. The van der Waals surface area contributed by atoms with E-state index in [1.807, 2.05) is 62.4 Å². The van der Waals surface area contributed by atoms with Gasteiger partial charge in [-0.05, 0) is 72.7 Å². The lowest BCUT2D eigenvalue weighted by molar-refractivity contribution is -0.142. The predicted octanol–water partition coefficient (Wildman–Crippen LogP) is 0.287. The number of fused-ring (bicyclic) bond motifs is 3. The van der Waals surface area contributed by atoms with Crippen molar-refractivity contribution in [2.45, 2.75) is 165 Å². The third-order valence-corrected chi connectivity index (χ3v) is 18.3. The fraction of sp³-hybridized carbons (Fsp3) is 0.431. The SMILES string of the molecule is CC(C)C[C@H](NC(=O)[C@H](CS)NC(=O)OCC1c2ccccc2-c2ccccc21)C(=O)N[C@@H](Cc1c[nH]cn1)C(=O)N[C@@H](Cc1c[nH]cn1)C(=O)N[C@@H](Cc1c[nH]cn1)C(=O)N[C@@H](CC(C)C)C(=O)N[C@@H](Cc1c[nH]cn1)C(=O)N[C@@H](Cc1c[nH]cn1)C(=O)N[C@@H](Cc1c[nH]cn1)C(=O)N[C@@H](CCCCN)C(=O)O. The topological polar surface area (TPSA) is 536 Å². The monoisotopic (exact) mass is 1520 g/mol. The summed E-state index contributed by atoms with van der Waals surface area (Å²) < 4.78 is 5.72. The molecule has 37 heteroatoms. The van der Waals surface area contributed by atoms with Crippen LogP contribution in [-0.4, -0.2) is 209 Å². The number of amides is 10. The Hall–Kier alpha value is -12.0. The summed E-state index contributed by atoms with van der Waals surface area (Å²) in [6, 6.07) is 1.32. The Bertz CT molecular complexity index is 4230. The standard InChI is InChI=1S/C72H93N23O13S/c1-39(2)17-53(62(96)89-57(21-43-27-76-35-82-43)66(100)93-59(23-45-29-78-37-84-45)68(102)91-55(19-41-25-74-33-80-41)64(98)86-52(71(105)106)15-9-10-16-73)87-65(99)56(20-42-26-75-34-81-42)92-69(103)60(24-46-30-79-38-85-46)94-67(101)58(22-44-28-77-36-83-44)90-63(97)54(18-40(3)4)88-70(104)61(32-109)95-72(107)108-31-51-49-13-7-5-11-47(49)48-12-6-8-14-50(48)51/h5-8,11-14,25-30,33-40,51-61,109H,9-10,15-24,31-32,73H2,1-4H3,(H,74,80)(H,75,81)(H,76,82)(H,77,83)(H,78,84)(H,79,85)(H,86,98)(H,87,99)(H,88,104)(H,89,96)(H,90,97)(H,91,102)(H,92,103)(H,93,100)(H,94,101)(H,95,107)(H,105,106)/t52-,53-,54-,55-,56-,57-,58-,59-,60-,61-/m0/s1. The zero-order chi connectivity index (χ0) is 77.9. The van der Waals surface area contributed by atoms with E-state index < -0.39 is 126 Å². The average molecular weight is 1520 g/mol. The van der Waals surface area contributed by atoms with E-state index in [4.69, 9.17) is 10.5 Å². The number of aromatic amines is 6. The van der Waals surface area contributed by atoms with E-state index in [1.165, 1.54) is 75.1 Å². The third-order valence-electron chi connectivity index (χ3n) is 18.0. The summed E-state index contributed by atoms with van der Waals surface area (Å²) >= 11 is 4.36. The van der Waals surface area contributed by atoms with Gasteiger partial charge in [-0.3, -0.25) is 43.2 Å². The van der Waals surface area contributed by atoms with Gasteiger partial charge in [0.05, 0.1) is 72.1 Å². The van der Waals surface area contributed by atoms with E-state index in [0.29, 0.717) is 47.9 Å². The molecule has 109 heavy (non-hydrogen) atoms. The number of hydrogen-bond acceptors (Lipinski definition) is 20. The first-order valence-electron chi connectivity index (χ1n) is 35.8. The number of aliphatic carboxylic acids is 1. The number of nitrogens with two attached hydrogens (primary N) is 1. The van der Waals surface area contributed by atoms with Gasteiger partial charge in [-0.25, -0.2) is 39.5 Å². The van der Waals surface area contributed by atoms with Crippen molar-refractivity contribution in [3.63, 3.8) is 0 Å². The van der Waals surface area contributed by atoms with Gasteiger partial charge >= 0.3 is 12.1 Å². The minimum Gasteiger partial charge on any atom is -0.480 e. The molecule has 0 unspecified atom stereocenters. The third kappa shape index (κ3) is 24.0. The number of imidazole rings is 6. The molecule has 6 heterocycles. The first kappa shape index (κ1) is 81.1. The van der Waals surface area contributed by atoms with Crippen molar-refractivity contribution in [1.29, 1.82) is 0 Å². The minimum atomic E-state index is -1.54. The molecule has 0 bridgehead atoms. The number of nitrogens with one attached hydrogen (secondary N) is 16. The van der Waals surface area contributed by atoms with Gasteiger partial charge in [-0.1, -0.05) is 76.2 Å². The average Bonchev–Trinajstić information content (AvgIpc) is 1.62.